The Morgan fingerprint density at radius 2 is 2.00 bits per heavy atom. The van der Waals surface area contributed by atoms with Crippen LogP contribution in [0.4, 0.5) is 0 Å². The van der Waals surface area contributed by atoms with E-state index in [0.29, 0.717) is 42.1 Å². The van der Waals surface area contributed by atoms with Crippen LogP contribution in [0.5, 0.6) is 11.5 Å². The van der Waals surface area contributed by atoms with Crippen LogP contribution in [0.3, 0.4) is 0 Å². The van der Waals surface area contributed by atoms with Crippen molar-refractivity contribution >= 4 is 28.8 Å². The zero-order chi connectivity index (χ0) is 29.5. The monoisotopic (exact) mass is 610 g/mol. The van der Waals surface area contributed by atoms with E-state index in [1.165, 1.54) is 6.42 Å². The molecule has 3 atom stereocenters. The van der Waals surface area contributed by atoms with Gasteiger partial charge in [0.2, 0.25) is 0 Å². The van der Waals surface area contributed by atoms with Gasteiger partial charge in [0, 0.05) is 54.0 Å². The fourth-order valence-electron chi connectivity index (χ4n) is 5.88. The Morgan fingerprint density at radius 3 is 2.76 bits per heavy atom. The average Bonchev–Trinajstić information content (AvgIpc) is 3.51. The maximum atomic E-state index is 6.88. The highest BCUT2D eigenvalue weighted by molar-refractivity contribution is 6.32. The van der Waals surface area contributed by atoms with Gasteiger partial charge in [-0.2, -0.15) is 5.10 Å². The molecule has 1 aliphatic heterocycles. The molecule has 2 heterocycles. The summed E-state index contributed by atoms with van der Waals surface area (Å²) in [5.41, 5.74) is 3.44. The molecule has 0 saturated carbocycles. The second-order valence-electron chi connectivity index (χ2n) is 11.3. The molecule has 1 aliphatic carbocycles. The van der Waals surface area contributed by atoms with Crippen molar-refractivity contribution in [3.63, 3.8) is 0 Å². The number of piperidine rings is 1. The van der Waals surface area contributed by atoms with Gasteiger partial charge < -0.3 is 24.4 Å². The lowest BCUT2D eigenvalue weighted by Gasteiger charge is -2.41. The first-order valence-corrected chi connectivity index (χ1v) is 15.3. The van der Waals surface area contributed by atoms with Crippen LogP contribution in [0.2, 0.25) is 10.0 Å². The number of likely N-dealkylation sites (tertiary alicyclic amines) is 1. The second kappa shape index (κ2) is 14.1. The Balaban J connectivity index is 1.35. The number of methoxy groups -OCH3 is 1. The van der Waals surface area contributed by atoms with E-state index in [0.717, 1.165) is 46.8 Å². The van der Waals surface area contributed by atoms with Crippen molar-refractivity contribution in [3.05, 3.63) is 93.8 Å². The summed E-state index contributed by atoms with van der Waals surface area (Å²) in [6, 6.07) is 11.7. The third-order valence-corrected chi connectivity index (χ3v) is 8.96. The Kier molecular flexibility index (Phi) is 10.3. The van der Waals surface area contributed by atoms with Gasteiger partial charge in [-0.1, -0.05) is 60.5 Å². The normalized spacial score (nSPS) is 22.6. The van der Waals surface area contributed by atoms with Crippen LogP contribution in [0.1, 0.15) is 36.5 Å². The molecule has 1 saturated heterocycles. The number of halogens is 2. The van der Waals surface area contributed by atoms with E-state index in [1.54, 1.807) is 13.3 Å². The molecule has 1 fully saturated rings. The van der Waals surface area contributed by atoms with E-state index >= 15 is 0 Å². The number of nitrogens with one attached hydrogen (secondary N) is 2. The van der Waals surface area contributed by atoms with Crippen molar-refractivity contribution in [2.45, 2.75) is 38.5 Å². The van der Waals surface area contributed by atoms with Crippen molar-refractivity contribution in [2.75, 3.05) is 40.5 Å². The number of rotatable bonds is 12. The summed E-state index contributed by atoms with van der Waals surface area (Å²) in [5, 5.41) is 11.5. The van der Waals surface area contributed by atoms with Gasteiger partial charge in [-0.3, -0.25) is 5.10 Å². The SMILES string of the molecule is COc1cc(OCC2(OCC3CCCN(C)C3)C=CC=C(c3ccccc3Cl)C2C)c(Cl)cc1CNCc1cn[nH]c1. The van der Waals surface area contributed by atoms with Crippen LogP contribution >= 0.6 is 23.2 Å². The van der Waals surface area contributed by atoms with Crippen LogP contribution in [-0.2, 0) is 17.8 Å². The number of aromatic nitrogens is 2. The van der Waals surface area contributed by atoms with E-state index in [9.17, 15) is 0 Å². The second-order valence-corrected chi connectivity index (χ2v) is 12.1. The molecule has 224 valence electrons. The molecule has 2 aromatic carbocycles. The largest absolute Gasteiger partial charge is 0.496 e. The predicted molar refractivity (Wildman–Crippen MR) is 169 cm³/mol. The lowest BCUT2D eigenvalue weighted by Crippen LogP contribution is -2.47. The van der Waals surface area contributed by atoms with Gasteiger partial charge in [0.1, 0.15) is 23.7 Å². The molecule has 1 aromatic heterocycles. The molecule has 0 spiro atoms. The highest BCUT2D eigenvalue weighted by Gasteiger charge is 2.41. The molecule has 42 heavy (non-hydrogen) atoms. The van der Waals surface area contributed by atoms with Crippen molar-refractivity contribution in [1.82, 2.24) is 20.4 Å². The molecule has 0 amide bonds. The van der Waals surface area contributed by atoms with E-state index in [2.05, 4.69) is 58.7 Å². The van der Waals surface area contributed by atoms with Crippen molar-refractivity contribution in [2.24, 2.45) is 11.8 Å². The lowest BCUT2D eigenvalue weighted by atomic mass is 9.77. The molecule has 9 heteroatoms. The van der Waals surface area contributed by atoms with Crippen LogP contribution in [-0.4, -0.2) is 61.2 Å². The average molecular weight is 612 g/mol. The summed E-state index contributed by atoms with van der Waals surface area (Å²) < 4.78 is 19.1. The highest BCUT2D eigenvalue weighted by atomic mass is 35.5. The summed E-state index contributed by atoms with van der Waals surface area (Å²) >= 11 is 13.4. The molecular formula is C33H40Cl2N4O3. The Labute approximate surface area is 258 Å². The Hall–Kier alpha value is -2.81. The fourth-order valence-corrected chi connectivity index (χ4v) is 6.36. The summed E-state index contributed by atoms with van der Waals surface area (Å²) in [6.07, 6.45) is 12.3. The molecule has 7 nitrogen and oxygen atoms in total. The first kappa shape index (κ1) is 30.6. The molecular weight excluding hydrogens is 571 g/mol. The highest BCUT2D eigenvalue weighted by Crippen LogP contribution is 2.42. The molecule has 0 radical (unpaired) electrons. The topological polar surface area (TPSA) is 71.6 Å². The van der Waals surface area contributed by atoms with Gasteiger partial charge in [-0.25, -0.2) is 0 Å². The minimum atomic E-state index is -0.708. The number of H-pyrrole nitrogens is 1. The molecule has 3 aromatic rings. The zero-order valence-corrected chi connectivity index (χ0v) is 26.0. The number of hydrogen-bond acceptors (Lipinski definition) is 6. The van der Waals surface area contributed by atoms with Gasteiger partial charge in [-0.15, -0.1) is 0 Å². The molecule has 5 rings (SSSR count). The number of aromatic amines is 1. The summed E-state index contributed by atoms with van der Waals surface area (Å²) in [5.74, 6) is 1.71. The number of allylic oxidation sites excluding steroid dienone is 2. The lowest BCUT2D eigenvalue weighted by molar-refractivity contribution is -0.0788. The first-order valence-electron chi connectivity index (χ1n) is 14.5. The van der Waals surface area contributed by atoms with Crippen molar-refractivity contribution in [3.8, 4) is 11.5 Å². The maximum Gasteiger partial charge on any atom is 0.141 e. The number of benzene rings is 2. The summed E-state index contributed by atoms with van der Waals surface area (Å²) in [7, 11) is 3.84. The number of ether oxygens (including phenoxy) is 3. The predicted octanol–water partition coefficient (Wildman–Crippen LogP) is 6.78. The number of hydrogen-bond donors (Lipinski definition) is 2. The van der Waals surface area contributed by atoms with Gasteiger partial charge in [0.25, 0.3) is 0 Å². The van der Waals surface area contributed by atoms with E-state index in [1.807, 2.05) is 36.5 Å². The van der Waals surface area contributed by atoms with Crippen LogP contribution < -0.4 is 14.8 Å². The van der Waals surface area contributed by atoms with Crippen LogP contribution in [0.25, 0.3) is 5.57 Å². The minimum Gasteiger partial charge on any atom is -0.496 e. The van der Waals surface area contributed by atoms with E-state index in [-0.39, 0.29) is 12.5 Å². The van der Waals surface area contributed by atoms with Gasteiger partial charge in [0.15, 0.2) is 0 Å². The third kappa shape index (κ3) is 7.21. The zero-order valence-electron chi connectivity index (χ0n) is 24.5. The smallest absolute Gasteiger partial charge is 0.141 e. The van der Waals surface area contributed by atoms with Crippen molar-refractivity contribution in [1.29, 1.82) is 0 Å². The summed E-state index contributed by atoms with van der Waals surface area (Å²) in [6.45, 7) is 6.55. The van der Waals surface area contributed by atoms with Gasteiger partial charge in [0.05, 0.1) is 24.9 Å². The van der Waals surface area contributed by atoms with Crippen LogP contribution in [0.15, 0.2) is 67.0 Å². The Bertz CT molecular complexity index is 1390. The molecule has 2 aliphatic rings. The third-order valence-electron chi connectivity index (χ3n) is 8.34. The van der Waals surface area contributed by atoms with Gasteiger partial charge >= 0.3 is 0 Å². The standard InChI is InChI=1S/C33H40Cl2N4O3/c1-23-27(28-9-4-5-11-29(28)34)10-6-12-33(23,42-21-24-8-7-13-39(2)20-24)22-41-32-15-31(40-3)26(14-30(32)35)19-36-16-25-17-37-38-18-25/h4-6,9-12,14-15,17-18,23-24,36H,7-8,13,16,19-22H2,1-3H3,(H,37,38). The molecule has 0 bridgehead atoms. The maximum absolute atomic E-state index is 6.88. The number of nitrogens with zero attached hydrogens (tertiary/aromatic N) is 2. The fraction of sp³-hybridized carbons (Fsp3) is 0.424. The van der Waals surface area contributed by atoms with E-state index in [4.69, 9.17) is 37.4 Å². The van der Waals surface area contributed by atoms with E-state index < -0.39 is 5.60 Å². The van der Waals surface area contributed by atoms with Crippen LogP contribution in [0, 0.1) is 11.8 Å². The quantitative estimate of drug-likeness (QED) is 0.235. The first-order chi connectivity index (χ1) is 20.4. The molecule has 2 N–H and O–H groups in total. The van der Waals surface area contributed by atoms with Crippen molar-refractivity contribution < 1.29 is 14.2 Å². The molecule has 3 unspecified atom stereocenters. The Morgan fingerprint density at radius 1 is 1.14 bits per heavy atom. The van der Waals surface area contributed by atoms with Gasteiger partial charge in [-0.05, 0) is 61.7 Å². The minimum absolute atomic E-state index is 0.0178. The summed E-state index contributed by atoms with van der Waals surface area (Å²) in [4.78, 5) is 2.38.